The first-order valence-electron chi connectivity index (χ1n) is 7.35. The Morgan fingerprint density at radius 2 is 1.89 bits per heavy atom. The molecule has 19 heavy (non-hydrogen) atoms. The van der Waals surface area contributed by atoms with Gasteiger partial charge >= 0.3 is 0 Å². The maximum Gasteiger partial charge on any atom is 0.0999 e. The van der Waals surface area contributed by atoms with Crippen molar-refractivity contribution in [3.8, 4) is 0 Å². The van der Waals surface area contributed by atoms with E-state index in [-0.39, 0.29) is 5.60 Å². The SMILES string of the molecule is CC(C)c1ccc(C(C)(CBr)OCCC2CC2)cc1. The van der Waals surface area contributed by atoms with Gasteiger partial charge in [0.05, 0.1) is 5.60 Å². The van der Waals surface area contributed by atoms with Gasteiger partial charge in [0.2, 0.25) is 0 Å². The van der Waals surface area contributed by atoms with Gasteiger partial charge in [-0.3, -0.25) is 0 Å². The Morgan fingerprint density at radius 3 is 2.37 bits per heavy atom. The number of hydrogen-bond donors (Lipinski definition) is 0. The van der Waals surface area contributed by atoms with E-state index in [2.05, 4.69) is 61.0 Å². The van der Waals surface area contributed by atoms with Crippen LogP contribution in [-0.2, 0) is 10.3 Å². The molecule has 2 rings (SSSR count). The van der Waals surface area contributed by atoms with Crippen LogP contribution >= 0.6 is 15.9 Å². The molecule has 1 saturated carbocycles. The quantitative estimate of drug-likeness (QED) is 0.623. The van der Waals surface area contributed by atoms with E-state index >= 15 is 0 Å². The molecule has 1 unspecified atom stereocenters. The molecule has 2 heteroatoms. The lowest BCUT2D eigenvalue weighted by molar-refractivity contribution is -0.0195. The van der Waals surface area contributed by atoms with Gasteiger partial charge in [-0.05, 0) is 36.3 Å². The molecule has 0 bridgehead atoms. The van der Waals surface area contributed by atoms with E-state index in [9.17, 15) is 0 Å². The van der Waals surface area contributed by atoms with Crippen molar-refractivity contribution >= 4 is 15.9 Å². The average molecular weight is 325 g/mol. The minimum atomic E-state index is -0.204. The number of rotatable bonds is 7. The minimum absolute atomic E-state index is 0.204. The van der Waals surface area contributed by atoms with Gasteiger partial charge < -0.3 is 4.74 Å². The first kappa shape index (κ1) is 15.1. The van der Waals surface area contributed by atoms with Crippen LogP contribution in [0.15, 0.2) is 24.3 Å². The Hall–Kier alpha value is -0.340. The third-order valence-corrected chi connectivity index (χ3v) is 5.16. The Bertz CT molecular complexity index is 394. The third kappa shape index (κ3) is 4.06. The maximum absolute atomic E-state index is 6.17. The highest BCUT2D eigenvalue weighted by atomic mass is 79.9. The topological polar surface area (TPSA) is 9.23 Å². The van der Waals surface area contributed by atoms with Gasteiger partial charge in [-0.25, -0.2) is 0 Å². The summed E-state index contributed by atoms with van der Waals surface area (Å²) >= 11 is 3.61. The van der Waals surface area contributed by atoms with Gasteiger partial charge in [-0.15, -0.1) is 0 Å². The zero-order valence-electron chi connectivity index (χ0n) is 12.3. The molecule has 0 aliphatic heterocycles. The number of benzene rings is 1. The highest BCUT2D eigenvalue weighted by Gasteiger charge is 2.28. The summed E-state index contributed by atoms with van der Waals surface area (Å²) in [5, 5.41) is 0.839. The molecule has 1 aliphatic rings. The van der Waals surface area contributed by atoms with E-state index in [1.807, 2.05) is 0 Å². The molecular weight excluding hydrogens is 300 g/mol. The third-order valence-electron chi connectivity index (χ3n) is 4.09. The fourth-order valence-electron chi connectivity index (χ4n) is 2.28. The van der Waals surface area contributed by atoms with Gasteiger partial charge in [0.1, 0.15) is 0 Å². The summed E-state index contributed by atoms with van der Waals surface area (Å²) in [5.41, 5.74) is 2.45. The predicted octanol–water partition coefficient (Wildman–Crippen LogP) is 5.24. The Labute approximate surface area is 125 Å². The fraction of sp³-hybridized carbons (Fsp3) is 0.647. The molecule has 0 saturated heterocycles. The Morgan fingerprint density at radius 1 is 1.26 bits per heavy atom. The van der Waals surface area contributed by atoms with Gasteiger partial charge in [0.25, 0.3) is 0 Å². The van der Waals surface area contributed by atoms with Crippen LogP contribution < -0.4 is 0 Å². The molecule has 1 aromatic rings. The minimum Gasteiger partial charge on any atom is -0.370 e. The zero-order valence-corrected chi connectivity index (χ0v) is 13.9. The summed E-state index contributed by atoms with van der Waals surface area (Å²) in [7, 11) is 0. The first-order chi connectivity index (χ1) is 9.05. The molecule has 1 nitrogen and oxygen atoms in total. The van der Waals surface area contributed by atoms with Crippen LogP contribution in [0.4, 0.5) is 0 Å². The lowest BCUT2D eigenvalue weighted by Gasteiger charge is -2.29. The molecule has 0 heterocycles. The number of hydrogen-bond acceptors (Lipinski definition) is 1. The normalized spacial score (nSPS) is 18.6. The van der Waals surface area contributed by atoms with Crippen LogP contribution in [-0.4, -0.2) is 11.9 Å². The van der Waals surface area contributed by atoms with E-state index in [0.29, 0.717) is 5.92 Å². The van der Waals surface area contributed by atoms with E-state index in [1.165, 1.54) is 30.4 Å². The molecular formula is C17H25BrO. The molecule has 1 fully saturated rings. The first-order valence-corrected chi connectivity index (χ1v) is 8.47. The van der Waals surface area contributed by atoms with Crippen molar-refractivity contribution in [2.75, 3.05) is 11.9 Å². The van der Waals surface area contributed by atoms with Crippen LogP contribution in [0.1, 0.15) is 57.1 Å². The largest absolute Gasteiger partial charge is 0.370 e. The molecule has 1 atom stereocenters. The molecule has 1 aromatic carbocycles. The van der Waals surface area contributed by atoms with Crippen molar-refractivity contribution in [1.29, 1.82) is 0 Å². The summed E-state index contributed by atoms with van der Waals surface area (Å²) in [6.07, 6.45) is 4.02. The maximum atomic E-state index is 6.17. The standard InChI is InChI=1S/C17H25BrO/c1-13(2)15-6-8-16(9-7-15)17(3,12-18)19-11-10-14-4-5-14/h6-9,13-14H,4-5,10-12H2,1-3H3. The number of halogens is 1. The monoisotopic (exact) mass is 324 g/mol. The summed E-state index contributed by atoms with van der Waals surface area (Å²) in [5.74, 6) is 1.52. The van der Waals surface area contributed by atoms with E-state index < -0.39 is 0 Å². The van der Waals surface area contributed by atoms with Crippen LogP contribution in [0.3, 0.4) is 0 Å². The summed E-state index contributed by atoms with van der Waals surface area (Å²) < 4.78 is 6.17. The summed E-state index contributed by atoms with van der Waals surface area (Å²) in [4.78, 5) is 0. The van der Waals surface area contributed by atoms with Gasteiger partial charge in [-0.1, -0.05) is 66.9 Å². The smallest absolute Gasteiger partial charge is 0.0999 e. The van der Waals surface area contributed by atoms with E-state index in [0.717, 1.165) is 17.9 Å². The highest BCUT2D eigenvalue weighted by molar-refractivity contribution is 9.09. The zero-order chi connectivity index (χ0) is 13.9. The van der Waals surface area contributed by atoms with Gasteiger partial charge in [-0.2, -0.15) is 0 Å². The van der Waals surface area contributed by atoms with Crippen LogP contribution in [0, 0.1) is 5.92 Å². The van der Waals surface area contributed by atoms with Crippen molar-refractivity contribution < 1.29 is 4.74 Å². The van der Waals surface area contributed by atoms with Gasteiger partial charge in [0, 0.05) is 11.9 Å². The Balaban J connectivity index is 2.00. The fourth-order valence-corrected chi connectivity index (χ4v) is 2.76. The molecule has 0 amide bonds. The second-order valence-corrected chi connectivity index (χ2v) is 6.78. The van der Waals surface area contributed by atoms with Crippen LogP contribution in [0.2, 0.25) is 0 Å². The molecule has 0 spiro atoms. The van der Waals surface area contributed by atoms with Crippen molar-refractivity contribution in [3.05, 3.63) is 35.4 Å². The summed E-state index contributed by atoms with van der Waals surface area (Å²) in [6.45, 7) is 7.51. The molecule has 0 N–H and O–H groups in total. The van der Waals surface area contributed by atoms with Crippen molar-refractivity contribution in [2.24, 2.45) is 5.92 Å². The lowest BCUT2D eigenvalue weighted by atomic mass is 9.94. The Kier molecular flexibility index (Phi) is 5.08. The average Bonchev–Trinajstić information content (AvgIpc) is 3.23. The number of ether oxygens (including phenoxy) is 1. The predicted molar refractivity (Wildman–Crippen MR) is 85.0 cm³/mol. The van der Waals surface area contributed by atoms with Crippen molar-refractivity contribution in [2.45, 2.75) is 51.6 Å². The molecule has 0 aromatic heterocycles. The van der Waals surface area contributed by atoms with Crippen molar-refractivity contribution in [3.63, 3.8) is 0 Å². The van der Waals surface area contributed by atoms with Crippen molar-refractivity contribution in [1.82, 2.24) is 0 Å². The van der Waals surface area contributed by atoms with E-state index in [1.54, 1.807) is 0 Å². The molecule has 0 radical (unpaired) electrons. The van der Waals surface area contributed by atoms with Crippen LogP contribution in [0.5, 0.6) is 0 Å². The van der Waals surface area contributed by atoms with E-state index in [4.69, 9.17) is 4.74 Å². The highest BCUT2D eigenvalue weighted by Crippen LogP contribution is 2.34. The van der Waals surface area contributed by atoms with Gasteiger partial charge in [0.15, 0.2) is 0 Å². The number of alkyl halides is 1. The second-order valence-electron chi connectivity index (χ2n) is 6.22. The summed E-state index contributed by atoms with van der Waals surface area (Å²) in [6, 6.07) is 8.89. The molecule has 106 valence electrons. The second kappa shape index (κ2) is 6.41. The lowest BCUT2D eigenvalue weighted by Crippen LogP contribution is -2.28. The van der Waals surface area contributed by atoms with Crippen LogP contribution in [0.25, 0.3) is 0 Å². The molecule has 1 aliphatic carbocycles.